The Balaban J connectivity index is 1.57. The molecule has 22 heavy (non-hydrogen) atoms. The number of carbonyl (C=O) groups is 1. The zero-order chi connectivity index (χ0) is 15.1. The Labute approximate surface area is 129 Å². The van der Waals surface area contributed by atoms with Gasteiger partial charge in [-0.15, -0.1) is 0 Å². The van der Waals surface area contributed by atoms with Crippen LogP contribution < -0.4 is 5.32 Å². The van der Waals surface area contributed by atoms with E-state index in [-0.39, 0.29) is 5.91 Å². The number of fused-ring (bicyclic) bond motifs is 1. The van der Waals surface area contributed by atoms with E-state index in [1.165, 1.54) is 0 Å². The van der Waals surface area contributed by atoms with Gasteiger partial charge in [-0.3, -0.25) is 9.48 Å². The maximum atomic E-state index is 12.7. The highest BCUT2D eigenvalue weighted by atomic mass is 16.2. The number of rotatable bonds is 2. The van der Waals surface area contributed by atoms with Crippen LogP contribution in [0.25, 0.3) is 11.3 Å². The molecular formula is C17H20N4O. The fourth-order valence-corrected chi connectivity index (χ4v) is 3.63. The van der Waals surface area contributed by atoms with E-state index in [1.54, 1.807) is 4.68 Å². The second-order valence-electron chi connectivity index (χ2n) is 6.29. The number of nitrogens with zero attached hydrogens (tertiary/aromatic N) is 3. The fourth-order valence-electron chi connectivity index (χ4n) is 3.63. The summed E-state index contributed by atoms with van der Waals surface area (Å²) >= 11 is 0. The zero-order valence-corrected chi connectivity index (χ0v) is 12.7. The lowest BCUT2D eigenvalue weighted by atomic mass is 10.0. The minimum absolute atomic E-state index is 0.0622. The van der Waals surface area contributed by atoms with E-state index < -0.39 is 0 Å². The molecule has 4 rings (SSSR count). The summed E-state index contributed by atoms with van der Waals surface area (Å²) in [6.45, 7) is 3.78. The number of aryl methyl sites for hydroxylation is 1. The SMILES string of the molecule is Cn1nc(C(=O)N2C[C@H]3CNC[C@H]3C2)cc1-c1ccccc1. The lowest BCUT2D eigenvalue weighted by molar-refractivity contribution is 0.0775. The van der Waals surface area contributed by atoms with Crippen molar-refractivity contribution in [1.29, 1.82) is 0 Å². The summed E-state index contributed by atoms with van der Waals surface area (Å²) in [5, 5.41) is 7.84. The molecule has 0 unspecified atom stereocenters. The molecule has 0 aliphatic carbocycles. The van der Waals surface area contributed by atoms with E-state index >= 15 is 0 Å². The van der Waals surface area contributed by atoms with Crippen LogP contribution >= 0.6 is 0 Å². The first-order chi connectivity index (χ1) is 10.7. The van der Waals surface area contributed by atoms with Gasteiger partial charge in [0.2, 0.25) is 0 Å². The van der Waals surface area contributed by atoms with Gasteiger partial charge >= 0.3 is 0 Å². The van der Waals surface area contributed by atoms with Crippen molar-refractivity contribution in [3.05, 3.63) is 42.1 Å². The van der Waals surface area contributed by atoms with Crippen LogP contribution in [0.3, 0.4) is 0 Å². The molecule has 5 heteroatoms. The van der Waals surface area contributed by atoms with Crippen LogP contribution in [0.5, 0.6) is 0 Å². The summed E-state index contributed by atoms with van der Waals surface area (Å²) < 4.78 is 1.79. The molecule has 2 atom stereocenters. The van der Waals surface area contributed by atoms with Gasteiger partial charge in [-0.1, -0.05) is 30.3 Å². The first-order valence-electron chi connectivity index (χ1n) is 7.82. The second kappa shape index (κ2) is 5.25. The summed E-state index contributed by atoms with van der Waals surface area (Å²) in [6.07, 6.45) is 0. The summed E-state index contributed by atoms with van der Waals surface area (Å²) in [5.74, 6) is 1.29. The summed E-state index contributed by atoms with van der Waals surface area (Å²) in [6, 6.07) is 12.0. The average molecular weight is 296 g/mol. The van der Waals surface area contributed by atoms with E-state index in [2.05, 4.69) is 10.4 Å². The van der Waals surface area contributed by atoms with Crippen molar-refractivity contribution < 1.29 is 4.79 Å². The Bertz CT molecular complexity index is 682. The van der Waals surface area contributed by atoms with Gasteiger partial charge in [0.15, 0.2) is 5.69 Å². The first kappa shape index (κ1) is 13.5. The number of amides is 1. The van der Waals surface area contributed by atoms with Gasteiger partial charge in [0.05, 0.1) is 5.69 Å². The molecule has 0 bridgehead atoms. The van der Waals surface area contributed by atoms with Crippen molar-refractivity contribution in [2.75, 3.05) is 26.2 Å². The molecule has 0 spiro atoms. The van der Waals surface area contributed by atoms with Gasteiger partial charge in [0, 0.05) is 33.2 Å². The number of hydrogen-bond donors (Lipinski definition) is 1. The molecule has 1 aromatic heterocycles. The Morgan fingerprint density at radius 1 is 1.18 bits per heavy atom. The van der Waals surface area contributed by atoms with E-state index in [4.69, 9.17) is 0 Å². The normalized spacial score (nSPS) is 23.8. The van der Waals surface area contributed by atoms with Crippen LogP contribution in [0.4, 0.5) is 0 Å². The van der Waals surface area contributed by atoms with Crippen molar-refractivity contribution in [3.8, 4) is 11.3 Å². The third kappa shape index (κ3) is 2.22. The van der Waals surface area contributed by atoms with Crippen molar-refractivity contribution in [1.82, 2.24) is 20.0 Å². The number of hydrogen-bond acceptors (Lipinski definition) is 3. The monoisotopic (exact) mass is 296 g/mol. The molecule has 1 N–H and O–H groups in total. The molecular weight excluding hydrogens is 276 g/mol. The Kier molecular flexibility index (Phi) is 3.22. The van der Waals surface area contributed by atoms with Crippen molar-refractivity contribution in [2.24, 2.45) is 18.9 Å². The first-order valence-corrected chi connectivity index (χ1v) is 7.82. The van der Waals surface area contributed by atoms with E-state index in [1.807, 2.05) is 48.3 Å². The molecule has 1 aromatic carbocycles. The maximum Gasteiger partial charge on any atom is 0.274 e. The Hall–Kier alpha value is -2.14. The van der Waals surface area contributed by atoms with Gasteiger partial charge in [-0.2, -0.15) is 5.10 Å². The average Bonchev–Trinajstić information content (AvgIpc) is 3.21. The van der Waals surface area contributed by atoms with Gasteiger partial charge in [0.1, 0.15) is 0 Å². The molecule has 2 aliphatic heterocycles. The van der Waals surface area contributed by atoms with Crippen LogP contribution in [0, 0.1) is 11.8 Å². The third-order valence-electron chi connectivity index (χ3n) is 4.85. The minimum Gasteiger partial charge on any atom is -0.337 e. The molecule has 2 aromatic rings. The largest absolute Gasteiger partial charge is 0.337 e. The smallest absolute Gasteiger partial charge is 0.274 e. The van der Waals surface area contributed by atoms with Gasteiger partial charge in [-0.25, -0.2) is 0 Å². The predicted octanol–water partition coefficient (Wildman–Crippen LogP) is 1.38. The fraction of sp³-hybridized carbons (Fsp3) is 0.412. The van der Waals surface area contributed by atoms with Crippen LogP contribution in [0.2, 0.25) is 0 Å². The highest BCUT2D eigenvalue weighted by Gasteiger charge is 2.38. The van der Waals surface area contributed by atoms with Crippen LogP contribution in [0.1, 0.15) is 10.5 Å². The summed E-state index contributed by atoms with van der Waals surface area (Å²) in [5.41, 5.74) is 2.61. The molecule has 0 radical (unpaired) electrons. The zero-order valence-electron chi connectivity index (χ0n) is 12.7. The number of aromatic nitrogens is 2. The quantitative estimate of drug-likeness (QED) is 0.911. The standard InChI is InChI=1S/C17H20N4O/c1-20-16(12-5-3-2-4-6-12)7-15(19-20)17(22)21-10-13-8-18-9-14(13)11-21/h2-7,13-14,18H,8-11H2,1H3/t13-,14+. The minimum atomic E-state index is 0.0622. The second-order valence-corrected chi connectivity index (χ2v) is 6.29. The molecule has 2 aliphatic rings. The van der Waals surface area contributed by atoms with Crippen molar-refractivity contribution in [3.63, 3.8) is 0 Å². The number of nitrogens with one attached hydrogen (secondary N) is 1. The molecule has 1 amide bonds. The topological polar surface area (TPSA) is 50.2 Å². The number of carbonyl (C=O) groups excluding carboxylic acids is 1. The van der Waals surface area contributed by atoms with Gasteiger partial charge in [-0.05, 0) is 23.5 Å². The highest BCUT2D eigenvalue weighted by molar-refractivity contribution is 5.93. The highest BCUT2D eigenvalue weighted by Crippen LogP contribution is 2.28. The summed E-state index contributed by atoms with van der Waals surface area (Å²) in [4.78, 5) is 14.7. The molecule has 2 fully saturated rings. The van der Waals surface area contributed by atoms with E-state index in [9.17, 15) is 4.79 Å². The van der Waals surface area contributed by atoms with E-state index in [0.29, 0.717) is 17.5 Å². The molecule has 2 saturated heterocycles. The summed E-state index contributed by atoms with van der Waals surface area (Å²) in [7, 11) is 1.89. The predicted molar refractivity (Wildman–Crippen MR) is 84.4 cm³/mol. The molecule has 3 heterocycles. The number of likely N-dealkylation sites (tertiary alicyclic amines) is 1. The molecule has 114 valence electrons. The van der Waals surface area contributed by atoms with Crippen molar-refractivity contribution in [2.45, 2.75) is 0 Å². The van der Waals surface area contributed by atoms with E-state index in [0.717, 1.165) is 37.4 Å². The van der Waals surface area contributed by atoms with Crippen LogP contribution in [0.15, 0.2) is 36.4 Å². The maximum absolute atomic E-state index is 12.7. The lowest BCUT2D eigenvalue weighted by Gasteiger charge is -2.15. The lowest BCUT2D eigenvalue weighted by Crippen LogP contribution is -2.32. The van der Waals surface area contributed by atoms with Crippen molar-refractivity contribution >= 4 is 5.91 Å². The van der Waals surface area contributed by atoms with Crippen LogP contribution in [-0.2, 0) is 7.05 Å². The van der Waals surface area contributed by atoms with Gasteiger partial charge < -0.3 is 10.2 Å². The molecule has 0 saturated carbocycles. The van der Waals surface area contributed by atoms with Gasteiger partial charge in [0.25, 0.3) is 5.91 Å². The third-order valence-corrected chi connectivity index (χ3v) is 4.85. The number of benzene rings is 1. The Morgan fingerprint density at radius 3 is 2.55 bits per heavy atom. The molecule has 5 nitrogen and oxygen atoms in total. The van der Waals surface area contributed by atoms with Crippen LogP contribution in [-0.4, -0.2) is 46.8 Å². The Morgan fingerprint density at radius 2 is 1.86 bits per heavy atom.